The summed E-state index contributed by atoms with van der Waals surface area (Å²) < 4.78 is 0. The molecule has 1 amide bonds. The number of hydrogen-bond donors (Lipinski definition) is 2. The number of carbonyl (C=O) groups excluding carboxylic acids is 1. The van der Waals surface area contributed by atoms with Gasteiger partial charge in [0.1, 0.15) is 5.82 Å². The third-order valence-electron chi connectivity index (χ3n) is 4.98. The Kier molecular flexibility index (Phi) is 6.81. The number of benzene rings is 2. The average Bonchev–Trinajstić information content (AvgIpc) is 2.68. The van der Waals surface area contributed by atoms with Crippen molar-refractivity contribution in [1.29, 1.82) is 0 Å². The lowest BCUT2D eigenvalue weighted by molar-refractivity contribution is -0.121. The lowest BCUT2D eigenvalue weighted by Gasteiger charge is -2.15. The van der Waals surface area contributed by atoms with Gasteiger partial charge in [0.25, 0.3) is 5.56 Å². The van der Waals surface area contributed by atoms with E-state index in [2.05, 4.69) is 53.4 Å². The molecule has 1 atom stereocenters. The maximum atomic E-state index is 12.3. The van der Waals surface area contributed by atoms with Crippen LogP contribution in [0.15, 0.2) is 53.3 Å². The number of nitrogens with zero attached hydrogens (tertiary/aromatic N) is 1. The zero-order chi connectivity index (χ0) is 20.8. The van der Waals surface area contributed by atoms with Crippen molar-refractivity contribution in [2.75, 3.05) is 0 Å². The number of aromatic amines is 1. The van der Waals surface area contributed by atoms with Crippen LogP contribution in [0.25, 0.3) is 10.9 Å². The second kappa shape index (κ2) is 9.50. The first-order valence-electron chi connectivity index (χ1n) is 10.3. The van der Waals surface area contributed by atoms with Crippen molar-refractivity contribution in [2.45, 2.75) is 52.5 Å². The molecule has 1 unspecified atom stereocenters. The van der Waals surface area contributed by atoms with Crippen LogP contribution in [0.5, 0.6) is 0 Å². The monoisotopic (exact) mass is 391 g/mol. The highest BCUT2D eigenvalue weighted by Gasteiger charge is 2.10. The van der Waals surface area contributed by atoms with Crippen LogP contribution in [0.3, 0.4) is 0 Å². The largest absolute Gasteiger partial charge is 0.350 e. The first kappa shape index (κ1) is 20.8. The molecule has 0 aliphatic rings. The Labute approximate surface area is 171 Å². The molecular formula is C24H29N3O2. The molecule has 2 aromatic carbocycles. The van der Waals surface area contributed by atoms with Crippen molar-refractivity contribution in [2.24, 2.45) is 5.92 Å². The van der Waals surface area contributed by atoms with Gasteiger partial charge in [0.15, 0.2) is 0 Å². The van der Waals surface area contributed by atoms with Crippen LogP contribution < -0.4 is 10.9 Å². The van der Waals surface area contributed by atoms with E-state index in [1.165, 1.54) is 5.56 Å². The molecule has 1 aromatic heterocycles. The Hall–Kier alpha value is -2.95. The third-order valence-corrected chi connectivity index (χ3v) is 4.98. The second-order valence-electron chi connectivity index (χ2n) is 8.01. The summed E-state index contributed by atoms with van der Waals surface area (Å²) in [6.07, 6.45) is 2.65. The van der Waals surface area contributed by atoms with Gasteiger partial charge in [-0.2, -0.15) is 0 Å². The van der Waals surface area contributed by atoms with Gasteiger partial charge in [-0.3, -0.25) is 9.59 Å². The summed E-state index contributed by atoms with van der Waals surface area (Å²) in [5, 5.41) is 3.64. The van der Waals surface area contributed by atoms with Gasteiger partial charge in [-0.1, -0.05) is 50.2 Å². The molecule has 0 spiro atoms. The molecule has 29 heavy (non-hydrogen) atoms. The number of carbonyl (C=O) groups is 1. The number of fused-ring (bicyclic) bond motifs is 1. The van der Waals surface area contributed by atoms with Crippen molar-refractivity contribution in [3.8, 4) is 0 Å². The van der Waals surface area contributed by atoms with E-state index in [0.717, 1.165) is 12.0 Å². The quantitative estimate of drug-likeness (QED) is 0.600. The minimum atomic E-state index is -0.135. The number of amides is 1. The second-order valence-corrected chi connectivity index (χ2v) is 8.01. The van der Waals surface area contributed by atoms with Gasteiger partial charge in [0.05, 0.1) is 16.9 Å². The minimum Gasteiger partial charge on any atom is -0.350 e. The maximum Gasteiger partial charge on any atom is 0.258 e. The zero-order valence-corrected chi connectivity index (χ0v) is 17.4. The van der Waals surface area contributed by atoms with Crippen LogP contribution in [0.4, 0.5) is 0 Å². The van der Waals surface area contributed by atoms with Gasteiger partial charge in [-0.25, -0.2) is 4.98 Å². The molecule has 3 aromatic rings. The molecular weight excluding hydrogens is 362 g/mol. The number of aromatic nitrogens is 2. The molecule has 1 heterocycles. The van der Waals surface area contributed by atoms with Crippen molar-refractivity contribution in [3.05, 3.63) is 75.8 Å². The molecule has 0 saturated carbocycles. The molecule has 5 nitrogen and oxygen atoms in total. The Morgan fingerprint density at radius 2 is 1.79 bits per heavy atom. The summed E-state index contributed by atoms with van der Waals surface area (Å²) in [5.74, 6) is 1.26. The van der Waals surface area contributed by atoms with Crippen LogP contribution in [0.1, 0.15) is 56.6 Å². The SMILES string of the molecule is CC(C)Cc1ccc(C(C)NC(=O)CCCc2nc3ccccc3c(=O)[nH]2)cc1. The predicted octanol–water partition coefficient (Wildman–Crippen LogP) is 4.32. The molecule has 0 aliphatic heterocycles. The predicted molar refractivity (Wildman–Crippen MR) is 117 cm³/mol. The summed E-state index contributed by atoms with van der Waals surface area (Å²) in [5.41, 5.74) is 2.97. The van der Waals surface area contributed by atoms with Gasteiger partial charge < -0.3 is 10.3 Å². The molecule has 0 bridgehead atoms. The normalized spacial score (nSPS) is 12.3. The van der Waals surface area contributed by atoms with Crippen molar-refractivity contribution in [1.82, 2.24) is 15.3 Å². The van der Waals surface area contributed by atoms with E-state index in [4.69, 9.17) is 0 Å². The van der Waals surface area contributed by atoms with Crippen LogP contribution in [-0.4, -0.2) is 15.9 Å². The first-order valence-corrected chi connectivity index (χ1v) is 10.3. The smallest absolute Gasteiger partial charge is 0.258 e. The topological polar surface area (TPSA) is 74.8 Å². The highest BCUT2D eigenvalue weighted by atomic mass is 16.1. The molecule has 0 fully saturated rings. The molecule has 0 radical (unpaired) electrons. The highest BCUT2D eigenvalue weighted by molar-refractivity contribution is 5.77. The molecule has 0 saturated heterocycles. The van der Waals surface area contributed by atoms with Crippen LogP contribution in [0, 0.1) is 5.92 Å². The highest BCUT2D eigenvalue weighted by Crippen LogP contribution is 2.16. The van der Waals surface area contributed by atoms with Gasteiger partial charge in [0.2, 0.25) is 5.91 Å². The van der Waals surface area contributed by atoms with E-state index in [0.29, 0.717) is 41.9 Å². The molecule has 5 heteroatoms. The zero-order valence-electron chi connectivity index (χ0n) is 17.4. The number of hydrogen-bond acceptors (Lipinski definition) is 3. The lowest BCUT2D eigenvalue weighted by atomic mass is 10.00. The Balaban J connectivity index is 1.50. The summed E-state index contributed by atoms with van der Waals surface area (Å²) >= 11 is 0. The number of aryl methyl sites for hydroxylation is 1. The third kappa shape index (κ3) is 5.76. The Morgan fingerprint density at radius 1 is 1.07 bits per heavy atom. The van der Waals surface area contributed by atoms with E-state index in [-0.39, 0.29) is 17.5 Å². The fraction of sp³-hybridized carbons (Fsp3) is 0.375. The van der Waals surface area contributed by atoms with E-state index in [1.54, 1.807) is 6.07 Å². The van der Waals surface area contributed by atoms with Gasteiger partial charge >= 0.3 is 0 Å². The summed E-state index contributed by atoms with van der Waals surface area (Å²) in [6, 6.07) is 15.7. The minimum absolute atomic E-state index is 0.00638. The summed E-state index contributed by atoms with van der Waals surface area (Å²) in [7, 11) is 0. The van der Waals surface area contributed by atoms with Gasteiger partial charge in [0, 0.05) is 12.8 Å². The lowest BCUT2D eigenvalue weighted by Crippen LogP contribution is -2.26. The summed E-state index contributed by atoms with van der Waals surface area (Å²) in [6.45, 7) is 6.41. The van der Waals surface area contributed by atoms with E-state index in [1.807, 2.05) is 25.1 Å². The van der Waals surface area contributed by atoms with Crippen LogP contribution >= 0.6 is 0 Å². The van der Waals surface area contributed by atoms with E-state index in [9.17, 15) is 9.59 Å². The number of para-hydroxylation sites is 1. The molecule has 2 N–H and O–H groups in total. The fourth-order valence-electron chi connectivity index (χ4n) is 3.48. The van der Waals surface area contributed by atoms with Crippen LogP contribution in [0.2, 0.25) is 0 Å². The van der Waals surface area contributed by atoms with Crippen molar-refractivity contribution < 1.29 is 4.79 Å². The molecule has 0 aliphatic carbocycles. The molecule has 3 rings (SSSR count). The molecule has 152 valence electrons. The standard InChI is InChI=1S/C24H29N3O2/c1-16(2)15-18-11-13-19(14-12-18)17(3)25-23(28)10-6-9-22-26-21-8-5-4-7-20(21)24(29)27-22/h4-5,7-8,11-14,16-17H,6,9-10,15H2,1-3H3,(H,25,28)(H,26,27,29). The van der Waals surface area contributed by atoms with Crippen LogP contribution in [-0.2, 0) is 17.6 Å². The summed E-state index contributed by atoms with van der Waals surface area (Å²) in [4.78, 5) is 31.7. The number of rotatable bonds is 8. The fourth-order valence-corrected chi connectivity index (χ4v) is 3.48. The average molecular weight is 392 g/mol. The van der Waals surface area contributed by atoms with E-state index < -0.39 is 0 Å². The first-order chi connectivity index (χ1) is 13.9. The van der Waals surface area contributed by atoms with Gasteiger partial charge in [-0.15, -0.1) is 0 Å². The van der Waals surface area contributed by atoms with Gasteiger partial charge in [-0.05, 0) is 48.9 Å². The Morgan fingerprint density at radius 3 is 2.52 bits per heavy atom. The number of H-pyrrole nitrogens is 1. The Bertz CT molecular complexity index is 1020. The maximum absolute atomic E-state index is 12.3. The number of nitrogens with one attached hydrogen (secondary N) is 2. The van der Waals surface area contributed by atoms with Crippen molar-refractivity contribution >= 4 is 16.8 Å². The van der Waals surface area contributed by atoms with Crippen molar-refractivity contribution in [3.63, 3.8) is 0 Å². The van der Waals surface area contributed by atoms with E-state index >= 15 is 0 Å².